The summed E-state index contributed by atoms with van der Waals surface area (Å²) >= 11 is 0. The number of sulfonamides is 1. The number of H-pyrrole nitrogens is 2. The first-order valence-electron chi connectivity index (χ1n) is 4.62. The van der Waals surface area contributed by atoms with Crippen LogP contribution >= 0.6 is 0 Å². The maximum Gasteiger partial charge on any atom is 0.323 e. The number of benzene rings is 1. The molecule has 0 saturated heterocycles. The molecular formula is C9H11N3O3S. The minimum absolute atomic E-state index is 0.105. The molecule has 2 rings (SSSR count). The summed E-state index contributed by atoms with van der Waals surface area (Å²) < 4.78 is 24.9. The molecule has 0 aliphatic rings. The van der Waals surface area contributed by atoms with Crippen molar-refractivity contribution in [1.29, 1.82) is 0 Å². The van der Waals surface area contributed by atoms with E-state index in [2.05, 4.69) is 14.7 Å². The van der Waals surface area contributed by atoms with Crippen molar-refractivity contribution < 1.29 is 8.42 Å². The first kappa shape index (κ1) is 10.9. The van der Waals surface area contributed by atoms with Crippen LogP contribution in [0.15, 0.2) is 23.0 Å². The Morgan fingerprint density at radius 3 is 2.62 bits per heavy atom. The Morgan fingerprint density at radius 1 is 1.25 bits per heavy atom. The summed E-state index contributed by atoms with van der Waals surface area (Å²) in [6, 6.07) is 4.98. The van der Waals surface area contributed by atoms with Crippen molar-refractivity contribution in [2.24, 2.45) is 0 Å². The highest BCUT2D eigenvalue weighted by molar-refractivity contribution is 7.88. The Hall–Kier alpha value is -1.60. The lowest BCUT2D eigenvalue weighted by molar-refractivity contribution is 0.587. The second-order valence-corrected chi connectivity index (χ2v) is 5.35. The van der Waals surface area contributed by atoms with Crippen molar-refractivity contribution >= 4 is 21.1 Å². The number of nitrogens with one attached hydrogen (secondary N) is 3. The summed E-state index contributed by atoms with van der Waals surface area (Å²) in [5.74, 6) is -0.105. The third kappa shape index (κ3) is 2.15. The number of hydrogen-bond donors (Lipinski definition) is 3. The van der Waals surface area contributed by atoms with Gasteiger partial charge in [0.2, 0.25) is 10.0 Å². The first-order chi connectivity index (χ1) is 7.50. The summed E-state index contributed by atoms with van der Waals surface area (Å²) in [5.41, 5.74) is 1.59. The van der Waals surface area contributed by atoms with Gasteiger partial charge >= 0.3 is 5.69 Å². The van der Waals surface area contributed by atoms with Crippen LogP contribution in [0.5, 0.6) is 0 Å². The van der Waals surface area contributed by atoms with E-state index in [1.54, 1.807) is 18.2 Å². The van der Waals surface area contributed by atoms with Crippen LogP contribution in [0.2, 0.25) is 0 Å². The van der Waals surface area contributed by atoms with Crippen LogP contribution in [0.4, 0.5) is 0 Å². The van der Waals surface area contributed by atoms with Gasteiger partial charge in [0.15, 0.2) is 0 Å². The molecule has 1 heterocycles. The molecule has 6 nitrogen and oxygen atoms in total. The lowest BCUT2D eigenvalue weighted by Crippen LogP contribution is -2.20. The first-order valence-corrected chi connectivity index (χ1v) is 6.27. The smallest absolute Gasteiger partial charge is 0.306 e. The Morgan fingerprint density at radius 2 is 1.94 bits per heavy atom. The predicted octanol–water partition coefficient (Wildman–Crippen LogP) is -0.0946. The normalized spacial score (nSPS) is 12.1. The topological polar surface area (TPSA) is 94.8 Å². The van der Waals surface area contributed by atoms with Gasteiger partial charge in [-0.15, -0.1) is 0 Å². The Kier molecular flexibility index (Phi) is 2.56. The van der Waals surface area contributed by atoms with Crippen LogP contribution in [0.3, 0.4) is 0 Å². The van der Waals surface area contributed by atoms with Crippen molar-refractivity contribution in [3.05, 3.63) is 34.2 Å². The van der Waals surface area contributed by atoms with Crippen molar-refractivity contribution in [2.75, 3.05) is 7.05 Å². The summed E-state index contributed by atoms with van der Waals surface area (Å²) in [6.07, 6.45) is 0. The quantitative estimate of drug-likeness (QED) is 0.700. The molecule has 3 N–H and O–H groups in total. The van der Waals surface area contributed by atoms with Crippen molar-refractivity contribution in [1.82, 2.24) is 14.7 Å². The molecule has 0 bridgehead atoms. The number of aromatic nitrogens is 2. The van der Waals surface area contributed by atoms with Gasteiger partial charge in [0, 0.05) is 0 Å². The number of fused-ring (bicyclic) bond motifs is 1. The fourth-order valence-corrected chi connectivity index (χ4v) is 2.22. The Labute approximate surface area is 91.7 Å². The molecule has 7 heteroatoms. The summed E-state index contributed by atoms with van der Waals surface area (Å²) in [7, 11) is -1.92. The van der Waals surface area contributed by atoms with Crippen LogP contribution in [-0.2, 0) is 15.8 Å². The maximum absolute atomic E-state index is 11.3. The molecule has 1 aromatic carbocycles. The minimum atomic E-state index is -3.29. The largest absolute Gasteiger partial charge is 0.323 e. The molecule has 86 valence electrons. The summed E-state index contributed by atoms with van der Waals surface area (Å²) in [6.45, 7) is 0. The molecule has 0 saturated carbocycles. The highest BCUT2D eigenvalue weighted by Gasteiger charge is 2.09. The predicted molar refractivity (Wildman–Crippen MR) is 60.6 cm³/mol. The van der Waals surface area contributed by atoms with E-state index in [1.165, 1.54) is 7.05 Å². The minimum Gasteiger partial charge on any atom is -0.306 e. The monoisotopic (exact) mass is 241 g/mol. The van der Waals surface area contributed by atoms with Crippen LogP contribution < -0.4 is 10.4 Å². The average molecular weight is 241 g/mol. The fourth-order valence-electron chi connectivity index (χ4n) is 1.46. The molecular weight excluding hydrogens is 230 g/mol. The second-order valence-electron chi connectivity index (χ2n) is 3.42. The zero-order valence-electron chi connectivity index (χ0n) is 8.57. The number of rotatable bonds is 3. The molecule has 0 unspecified atom stereocenters. The van der Waals surface area contributed by atoms with E-state index < -0.39 is 10.0 Å². The molecule has 2 aromatic rings. The lowest BCUT2D eigenvalue weighted by Gasteiger charge is -2.02. The van der Waals surface area contributed by atoms with Crippen molar-refractivity contribution in [3.63, 3.8) is 0 Å². The average Bonchev–Trinajstić information content (AvgIpc) is 2.57. The van der Waals surface area contributed by atoms with E-state index in [-0.39, 0.29) is 11.4 Å². The fraction of sp³-hybridized carbons (Fsp3) is 0.222. The zero-order valence-corrected chi connectivity index (χ0v) is 9.39. The summed E-state index contributed by atoms with van der Waals surface area (Å²) in [4.78, 5) is 16.2. The Balaban J connectivity index is 2.43. The van der Waals surface area contributed by atoms with Crippen LogP contribution in [0, 0.1) is 0 Å². The van der Waals surface area contributed by atoms with E-state index in [0.29, 0.717) is 16.6 Å². The third-order valence-corrected chi connectivity index (χ3v) is 3.58. The van der Waals surface area contributed by atoms with Gasteiger partial charge in [0.1, 0.15) is 0 Å². The van der Waals surface area contributed by atoms with Gasteiger partial charge in [-0.2, -0.15) is 0 Å². The van der Waals surface area contributed by atoms with E-state index in [4.69, 9.17) is 0 Å². The highest BCUT2D eigenvalue weighted by Crippen LogP contribution is 2.12. The second kappa shape index (κ2) is 3.76. The number of aromatic amines is 2. The van der Waals surface area contributed by atoms with Gasteiger partial charge < -0.3 is 9.97 Å². The highest BCUT2D eigenvalue weighted by atomic mass is 32.2. The Bertz CT molecular complexity index is 669. The third-order valence-electron chi connectivity index (χ3n) is 2.25. The molecule has 0 amide bonds. The van der Waals surface area contributed by atoms with Crippen molar-refractivity contribution in [3.8, 4) is 0 Å². The van der Waals surface area contributed by atoms with Gasteiger partial charge in [-0.3, -0.25) is 0 Å². The molecule has 0 spiro atoms. The van der Waals surface area contributed by atoms with E-state index in [9.17, 15) is 13.2 Å². The summed E-state index contributed by atoms with van der Waals surface area (Å²) in [5, 5.41) is 0. The van der Waals surface area contributed by atoms with Gasteiger partial charge in [-0.05, 0) is 24.7 Å². The lowest BCUT2D eigenvalue weighted by atomic mass is 10.2. The molecule has 16 heavy (non-hydrogen) atoms. The number of hydrogen-bond acceptors (Lipinski definition) is 3. The van der Waals surface area contributed by atoms with Gasteiger partial charge in [-0.1, -0.05) is 6.07 Å². The van der Waals surface area contributed by atoms with Crippen molar-refractivity contribution in [2.45, 2.75) is 5.75 Å². The SMILES string of the molecule is CNS(=O)(=O)Cc1ccc2[nH]c(=O)[nH]c2c1. The van der Waals surface area contributed by atoms with E-state index in [0.717, 1.165) is 0 Å². The molecule has 0 aliphatic heterocycles. The molecule has 0 atom stereocenters. The van der Waals surface area contributed by atoms with Crippen LogP contribution in [-0.4, -0.2) is 25.4 Å². The number of imidazole rings is 1. The van der Waals surface area contributed by atoms with Crippen LogP contribution in [0.25, 0.3) is 11.0 Å². The van der Waals surface area contributed by atoms with Crippen LogP contribution in [0.1, 0.15) is 5.56 Å². The van der Waals surface area contributed by atoms with E-state index >= 15 is 0 Å². The molecule has 0 aliphatic carbocycles. The molecule has 1 aromatic heterocycles. The maximum atomic E-state index is 11.3. The van der Waals surface area contributed by atoms with E-state index in [1.807, 2.05) is 0 Å². The standard InChI is InChI=1S/C9H11N3O3S/c1-10-16(14,15)5-6-2-3-7-8(4-6)12-9(13)11-7/h2-4,10H,5H2,1H3,(H2,11,12,13). The van der Waals surface area contributed by atoms with Gasteiger partial charge in [0.25, 0.3) is 0 Å². The van der Waals surface area contributed by atoms with Gasteiger partial charge in [0.05, 0.1) is 16.8 Å². The molecule has 0 fully saturated rings. The zero-order chi connectivity index (χ0) is 11.8. The molecule has 0 radical (unpaired) electrons. The van der Waals surface area contributed by atoms with Gasteiger partial charge in [-0.25, -0.2) is 17.9 Å².